The van der Waals surface area contributed by atoms with E-state index in [-0.39, 0.29) is 5.75 Å². The molecule has 0 unspecified atom stereocenters. The van der Waals surface area contributed by atoms with Gasteiger partial charge in [-0.15, -0.1) is 10.2 Å². The van der Waals surface area contributed by atoms with E-state index in [1.54, 1.807) is 7.11 Å². The molecule has 2 aromatic rings. The van der Waals surface area contributed by atoms with E-state index in [9.17, 15) is 13.6 Å². The summed E-state index contributed by atoms with van der Waals surface area (Å²) in [7, 11) is 1.60. The zero-order valence-corrected chi connectivity index (χ0v) is 13.8. The number of para-hydroxylation sites is 1. The third kappa shape index (κ3) is 5.41. The number of hydrogen-bond acceptors (Lipinski definition) is 7. The van der Waals surface area contributed by atoms with Crippen LogP contribution < -0.4 is 10.6 Å². The van der Waals surface area contributed by atoms with Crippen LogP contribution in [0.5, 0.6) is 0 Å². The number of amides is 1. The van der Waals surface area contributed by atoms with Crippen LogP contribution in [0.2, 0.25) is 0 Å². The van der Waals surface area contributed by atoms with Gasteiger partial charge in [0.05, 0.1) is 12.4 Å². The summed E-state index contributed by atoms with van der Waals surface area (Å²) in [5.41, 5.74) is -0.447. The van der Waals surface area contributed by atoms with Gasteiger partial charge in [0.1, 0.15) is 17.3 Å². The Morgan fingerprint density at radius 1 is 1.35 bits per heavy atom. The summed E-state index contributed by atoms with van der Waals surface area (Å²) < 4.78 is 32.3. The fourth-order valence-corrected chi connectivity index (χ4v) is 3.10. The standard InChI is InChI=1S/C13H14F2N4O2S2/c1-21-6-5-16-12-18-19-13(23-12)22-7-10(20)17-11-8(14)3-2-4-9(11)15/h2-4H,5-7H2,1H3,(H,16,18)(H,17,20). The Kier molecular flexibility index (Phi) is 6.68. The molecule has 1 aromatic heterocycles. The van der Waals surface area contributed by atoms with Crippen LogP contribution in [0.15, 0.2) is 22.5 Å². The number of hydrogen-bond donors (Lipinski definition) is 2. The van der Waals surface area contributed by atoms with Gasteiger partial charge in [0.25, 0.3) is 0 Å². The minimum atomic E-state index is -0.816. The van der Waals surface area contributed by atoms with Gasteiger partial charge >= 0.3 is 0 Å². The van der Waals surface area contributed by atoms with Crippen LogP contribution in [0.1, 0.15) is 0 Å². The fourth-order valence-electron chi connectivity index (χ4n) is 1.52. The quantitative estimate of drug-likeness (QED) is 0.557. The third-order valence-electron chi connectivity index (χ3n) is 2.54. The van der Waals surface area contributed by atoms with E-state index in [1.807, 2.05) is 0 Å². The predicted molar refractivity (Wildman–Crippen MR) is 86.0 cm³/mol. The number of benzene rings is 1. The van der Waals surface area contributed by atoms with Gasteiger partial charge in [0.2, 0.25) is 11.0 Å². The number of carbonyl (C=O) groups is 1. The smallest absolute Gasteiger partial charge is 0.234 e. The van der Waals surface area contributed by atoms with Crippen LogP contribution in [0.3, 0.4) is 0 Å². The summed E-state index contributed by atoms with van der Waals surface area (Å²) in [6.07, 6.45) is 0. The average molecular weight is 360 g/mol. The lowest BCUT2D eigenvalue weighted by Crippen LogP contribution is -2.16. The summed E-state index contributed by atoms with van der Waals surface area (Å²) in [5, 5.41) is 13.7. The molecular formula is C13H14F2N4O2S2. The Balaban J connectivity index is 1.82. The number of halogens is 2. The number of carbonyl (C=O) groups excluding carboxylic acids is 1. The van der Waals surface area contributed by atoms with Gasteiger partial charge < -0.3 is 15.4 Å². The van der Waals surface area contributed by atoms with E-state index in [0.29, 0.717) is 22.6 Å². The van der Waals surface area contributed by atoms with Crippen molar-refractivity contribution in [3.63, 3.8) is 0 Å². The first kappa shape index (κ1) is 17.6. The van der Waals surface area contributed by atoms with Crippen molar-refractivity contribution in [2.75, 3.05) is 36.6 Å². The van der Waals surface area contributed by atoms with Crippen molar-refractivity contribution in [2.45, 2.75) is 4.34 Å². The lowest BCUT2D eigenvalue weighted by Gasteiger charge is -2.06. The van der Waals surface area contributed by atoms with Gasteiger partial charge in [-0.1, -0.05) is 29.2 Å². The first-order valence-electron chi connectivity index (χ1n) is 6.53. The van der Waals surface area contributed by atoms with Crippen molar-refractivity contribution in [2.24, 2.45) is 0 Å². The molecule has 1 heterocycles. The summed E-state index contributed by atoms with van der Waals surface area (Å²) >= 11 is 2.42. The number of anilines is 2. The zero-order chi connectivity index (χ0) is 16.7. The van der Waals surface area contributed by atoms with Crippen LogP contribution in [-0.2, 0) is 9.53 Å². The molecule has 1 aromatic carbocycles. The normalized spacial score (nSPS) is 10.6. The Morgan fingerprint density at radius 3 is 2.78 bits per heavy atom. The van der Waals surface area contributed by atoms with Crippen molar-refractivity contribution < 1.29 is 18.3 Å². The molecule has 0 fully saturated rings. The molecule has 0 aliphatic rings. The Bertz CT molecular complexity index is 649. The number of thioether (sulfide) groups is 1. The van der Waals surface area contributed by atoms with Crippen molar-refractivity contribution >= 4 is 39.8 Å². The number of nitrogens with one attached hydrogen (secondary N) is 2. The van der Waals surface area contributed by atoms with Gasteiger partial charge in [-0.05, 0) is 12.1 Å². The summed E-state index contributed by atoms with van der Waals surface area (Å²) in [6, 6.07) is 3.39. The Hall–Kier alpha value is -1.78. The van der Waals surface area contributed by atoms with Crippen molar-refractivity contribution in [1.29, 1.82) is 0 Å². The second-order valence-corrected chi connectivity index (χ2v) is 6.43. The highest BCUT2D eigenvalue weighted by Gasteiger charge is 2.13. The molecule has 10 heteroatoms. The topological polar surface area (TPSA) is 76.1 Å². The maximum atomic E-state index is 13.4. The molecule has 0 saturated heterocycles. The lowest BCUT2D eigenvalue weighted by molar-refractivity contribution is -0.113. The number of methoxy groups -OCH3 is 1. The fraction of sp³-hybridized carbons (Fsp3) is 0.308. The molecule has 0 spiro atoms. The molecule has 1 amide bonds. The van der Waals surface area contributed by atoms with E-state index in [1.165, 1.54) is 17.4 Å². The SMILES string of the molecule is COCCNc1nnc(SCC(=O)Nc2c(F)cccc2F)s1. The van der Waals surface area contributed by atoms with Crippen molar-refractivity contribution in [3.8, 4) is 0 Å². The minimum Gasteiger partial charge on any atom is -0.383 e. The number of rotatable bonds is 8. The predicted octanol–water partition coefficient (Wildman–Crippen LogP) is 2.61. The average Bonchev–Trinajstić information content (AvgIpc) is 2.97. The third-order valence-corrected chi connectivity index (χ3v) is 4.56. The van der Waals surface area contributed by atoms with Crippen molar-refractivity contribution in [3.05, 3.63) is 29.8 Å². The highest BCUT2D eigenvalue weighted by molar-refractivity contribution is 8.01. The Morgan fingerprint density at radius 2 is 2.09 bits per heavy atom. The van der Waals surface area contributed by atoms with Crippen LogP contribution in [0.25, 0.3) is 0 Å². The molecule has 23 heavy (non-hydrogen) atoms. The number of nitrogens with zero attached hydrogens (tertiary/aromatic N) is 2. The van der Waals surface area contributed by atoms with Gasteiger partial charge in [-0.2, -0.15) is 0 Å². The largest absolute Gasteiger partial charge is 0.383 e. The van der Waals surface area contributed by atoms with Crippen LogP contribution in [0, 0.1) is 11.6 Å². The van der Waals surface area contributed by atoms with Gasteiger partial charge in [-0.25, -0.2) is 8.78 Å². The summed E-state index contributed by atoms with van der Waals surface area (Å²) in [4.78, 5) is 11.8. The molecule has 2 rings (SSSR count). The highest BCUT2D eigenvalue weighted by Crippen LogP contribution is 2.26. The molecule has 6 nitrogen and oxygen atoms in total. The highest BCUT2D eigenvalue weighted by atomic mass is 32.2. The molecular weight excluding hydrogens is 346 g/mol. The molecule has 0 aliphatic carbocycles. The Labute approximate surface area is 139 Å². The van der Waals surface area contributed by atoms with E-state index < -0.39 is 23.2 Å². The molecule has 124 valence electrons. The summed E-state index contributed by atoms with van der Waals surface area (Å²) in [6.45, 7) is 1.14. The maximum absolute atomic E-state index is 13.4. The molecule has 0 bridgehead atoms. The van der Waals surface area contributed by atoms with Crippen LogP contribution >= 0.6 is 23.1 Å². The second-order valence-electron chi connectivity index (χ2n) is 4.23. The van der Waals surface area contributed by atoms with E-state index in [2.05, 4.69) is 20.8 Å². The van der Waals surface area contributed by atoms with Crippen LogP contribution in [-0.4, -0.2) is 42.1 Å². The second kappa shape index (κ2) is 8.75. The van der Waals surface area contributed by atoms with E-state index in [0.717, 1.165) is 23.9 Å². The van der Waals surface area contributed by atoms with Crippen molar-refractivity contribution in [1.82, 2.24) is 10.2 Å². The van der Waals surface area contributed by atoms with E-state index >= 15 is 0 Å². The van der Waals surface area contributed by atoms with E-state index in [4.69, 9.17) is 4.74 Å². The maximum Gasteiger partial charge on any atom is 0.234 e. The summed E-state index contributed by atoms with van der Waals surface area (Å²) in [5.74, 6) is -2.18. The molecule has 0 saturated carbocycles. The molecule has 2 N–H and O–H groups in total. The first-order chi connectivity index (χ1) is 11.1. The van der Waals surface area contributed by atoms with Gasteiger partial charge in [0, 0.05) is 13.7 Å². The van der Waals surface area contributed by atoms with Gasteiger partial charge in [0.15, 0.2) is 4.34 Å². The minimum absolute atomic E-state index is 0.0273. The molecule has 0 aliphatic heterocycles. The zero-order valence-electron chi connectivity index (χ0n) is 12.1. The molecule has 0 atom stereocenters. The van der Waals surface area contributed by atoms with Crippen LogP contribution in [0.4, 0.5) is 19.6 Å². The monoisotopic (exact) mass is 360 g/mol. The molecule has 0 radical (unpaired) electrons. The lowest BCUT2D eigenvalue weighted by atomic mass is 10.3. The number of aromatic nitrogens is 2. The number of ether oxygens (including phenoxy) is 1. The van der Waals surface area contributed by atoms with Gasteiger partial charge in [-0.3, -0.25) is 4.79 Å². The first-order valence-corrected chi connectivity index (χ1v) is 8.33.